The Balaban J connectivity index is 1.98. The highest BCUT2D eigenvalue weighted by Crippen LogP contribution is 2.41. The molecule has 0 aromatic heterocycles. The zero-order valence-corrected chi connectivity index (χ0v) is 13.6. The lowest BCUT2D eigenvalue weighted by Gasteiger charge is -2.31. The smallest absolute Gasteiger partial charge is 0.131 e. The summed E-state index contributed by atoms with van der Waals surface area (Å²) in [5, 5.41) is 0. The summed E-state index contributed by atoms with van der Waals surface area (Å²) < 4.78 is 21.6. The second-order valence-corrected chi connectivity index (χ2v) is 6.63. The standard InChI is InChI=1S/C15H12Br2FNO/c16-8-1-3-10(12(18)5-8)15-7-13(19)11-4-2-9(17)6-14(11)20-15/h1-6,13,15H,7,19H2/t13-,15?/m1/s1. The van der Waals surface area contributed by atoms with Crippen LogP contribution in [0.25, 0.3) is 0 Å². The third kappa shape index (κ3) is 2.62. The Kier molecular flexibility index (Phi) is 3.84. The van der Waals surface area contributed by atoms with Gasteiger partial charge in [-0.1, -0.05) is 44.0 Å². The predicted octanol–water partition coefficient (Wildman–Crippen LogP) is 4.87. The lowest BCUT2D eigenvalue weighted by Crippen LogP contribution is -2.24. The molecule has 2 aromatic carbocycles. The number of rotatable bonds is 1. The van der Waals surface area contributed by atoms with E-state index in [1.807, 2.05) is 24.3 Å². The fraction of sp³-hybridized carbons (Fsp3) is 0.200. The van der Waals surface area contributed by atoms with Crippen LogP contribution >= 0.6 is 31.9 Å². The number of benzene rings is 2. The van der Waals surface area contributed by atoms with Crippen molar-refractivity contribution in [3.05, 3.63) is 62.3 Å². The number of fused-ring (bicyclic) bond motifs is 1. The van der Waals surface area contributed by atoms with E-state index in [0.717, 1.165) is 10.0 Å². The Hall–Kier alpha value is -0.910. The van der Waals surface area contributed by atoms with Crippen molar-refractivity contribution in [2.24, 2.45) is 5.73 Å². The maximum Gasteiger partial charge on any atom is 0.131 e. The summed E-state index contributed by atoms with van der Waals surface area (Å²) in [5.74, 6) is 0.431. The van der Waals surface area contributed by atoms with Crippen LogP contribution in [0.1, 0.15) is 29.7 Å². The molecule has 1 heterocycles. The average Bonchev–Trinajstić information content (AvgIpc) is 2.37. The van der Waals surface area contributed by atoms with Gasteiger partial charge >= 0.3 is 0 Å². The maximum absolute atomic E-state index is 14.1. The molecule has 1 unspecified atom stereocenters. The Labute approximate surface area is 133 Å². The summed E-state index contributed by atoms with van der Waals surface area (Å²) in [5.41, 5.74) is 7.67. The van der Waals surface area contributed by atoms with E-state index in [1.54, 1.807) is 6.07 Å². The molecule has 3 rings (SSSR count). The number of ether oxygens (including phenoxy) is 1. The Morgan fingerprint density at radius 2 is 1.70 bits per heavy atom. The minimum Gasteiger partial charge on any atom is -0.485 e. The molecule has 0 saturated carbocycles. The van der Waals surface area contributed by atoms with Gasteiger partial charge in [0.15, 0.2) is 0 Å². The van der Waals surface area contributed by atoms with Gasteiger partial charge in [-0.05, 0) is 24.3 Å². The van der Waals surface area contributed by atoms with Gasteiger partial charge in [-0.2, -0.15) is 0 Å². The van der Waals surface area contributed by atoms with Gasteiger partial charge < -0.3 is 10.5 Å². The van der Waals surface area contributed by atoms with Crippen LogP contribution in [0.4, 0.5) is 4.39 Å². The van der Waals surface area contributed by atoms with E-state index in [2.05, 4.69) is 31.9 Å². The predicted molar refractivity (Wildman–Crippen MR) is 83.2 cm³/mol. The Morgan fingerprint density at radius 3 is 2.40 bits per heavy atom. The lowest BCUT2D eigenvalue weighted by atomic mass is 9.93. The van der Waals surface area contributed by atoms with E-state index >= 15 is 0 Å². The van der Waals surface area contributed by atoms with Gasteiger partial charge in [0.25, 0.3) is 0 Å². The van der Waals surface area contributed by atoms with E-state index in [4.69, 9.17) is 10.5 Å². The van der Waals surface area contributed by atoms with E-state index < -0.39 is 0 Å². The van der Waals surface area contributed by atoms with Crippen LogP contribution in [-0.2, 0) is 0 Å². The van der Waals surface area contributed by atoms with Crippen LogP contribution < -0.4 is 10.5 Å². The van der Waals surface area contributed by atoms with E-state index in [0.29, 0.717) is 22.2 Å². The molecule has 2 N–H and O–H groups in total. The second-order valence-electron chi connectivity index (χ2n) is 4.80. The molecule has 104 valence electrons. The number of hydrogen-bond donors (Lipinski definition) is 1. The molecular weight excluding hydrogens is 389 g/mol. The molecule has 0 aliphatic carbocycles. The summed E-state index contributed by atoms with van der Waals surface area (Å²) in [6, 6.07) is 10.6. The van der Waals surface area contributed by atoms with Crippen molar-refractivity contribution in [3.63, 3.8) is 0 Å². The highest BCUT2D eigenvalue weighted by molar-refractivity contribution is 9.10. The SMILES string of the molecule is N[C@@H]1CC(c2ccc(Br)cc2F)Oc2cc(Br)ccc21. The molecule has 0 radical (unpaired) electrons. The van der Waals surface area contributed by atoms with Gasteiger partial charge in [-0.3, -0.25) is 0 Å². The Bertz CT molecular complexity index is 662. The van der Waals surface area contributed by atoms with Crippen molar-refractivity contribution in [2.75, 3.05) is 0 Å². The van der Waals surface area contributed by atoms with Crippen molar-refractivity contribution in [2.45, 2.75) is 18.6 Å². The minimum atomic E-state index is -0.361. The second kappa shape index (κ2) is 5.47. The van der Waals surface area contributed by atoms with E-state index in [-0.39, 0.29) is 18.0 Å². The highest BCUT2D eigenvalue weighted by Gasteiger charge is 2.28. The van der Waals surface area contributed by atoms with Gasteiger partial charge in [0, 0.05) is 32.5 Å². The third-order valence-corrected chi connectivity index (χ3v) is 4.41. The molecule has 2 atom stereocenters. The topological polar surface area (TPSA) is 35.2 Å². The molecule has 0 fully saturated rings. The molecular formula is C15H12Br2FNO. The molecule has 5 heteroatoms. The van der Waals surface area contributed by atoms with Gasteiger partial charge in [0.1, 0.15) is 17.7 Å². The summed E-state index contributed by atoms with van der Waals surface area (Å²) in [7, 11) is 0. The van der Waals surface area contributed by atoms with Crippen LogP contribution in [0.15, 0.2) is 45.3 Å². The summed E-state index contributed by atoms with van der Waals surface area (Å²) in [4.78, 5) is 0. The summed E-state index contributed by atoms with van der Waals surface area (Å²) in [6.07, 6.45) is 0.201. The largest absolute Gasteiger partial charge is 0.485 e. The summed E-state index contributed by atoms with van der Waals surface area (Å²) >= 11 is 6.67. The minimum absolute atomic E-state index is 0.153. The first kappa shape index (κ1) is 14.0. The third-order valence-electron chi connectivity index (χ3n) is 3.42. The molecule has 0 spiro atoms. The van der Waals surface area contributed by atoms with Crippen LogP contribution in [0.5, 0.6) is 5.75 Å². The van der Waals surface area contributed by atoms with Crippen LogP contribution in [0.3, 0.4) is 0 Å². The molecule has 1 aliphatic heterocycles. The van der Waals surface area contributed by atoms with Crippen molar-refractivity contribution >= 4 is 31.9 Å². The molecule has 0 bridgehead atoms. The average molecular weight is 401 g/mol. The number of nitrogens with two attached hydrogens (primary N) is 1. The molecule has 2 aromatic rings. The normalized spacial score (nSPS) is 21.2. The van der Waals surface area contributed by atoms with Crippen molar-refractivity contribution in [3.8, 4) is 5.75 Å². The van der Waals surface area contributed by atoms with Crippen LogP contribution in [0, 0.1) is 5.82 Å². The summed E-state index contributed by atoms with van der Waals surface area (Å²) in [6.45, 7) is 0. The fourth-order valence-corrected chi connectivity index (χ4v) is 3.10. The maximum atomic E-state index is 14.1. The van der Waals surface area contributed by atoms with Crippen molar-refractivity contribution in [1.82, 2.24) is 0 Å². The van der Waals surface area contributed by atoms with Gasteiger partial charge in [0.05, 0.1) is 0 Å². The molecule has 0 saturated heterocycles. The van der Waals surface area contributed by atoms with Crippen LogP contribution in [0.2, 0.25) is 0 Å². The first-order valence-corrected chi connectivity index (χ1v) is 7.80. The van der Waals surface area contributed by atoms with Crippen molar-refractivity contribution < 1.29 is 9.13 Å². The quantitative estimate of drug-likeness (QED) is 0.740. The first-order chi connectivity index (χ1) is 9.54. The monoisotopic (exact) mass is 399 g/mol. The van der Waals surface area contributed by atoms with Gasteiger partial charge in [-0.15, -0.1) is 0 Å². The number of hydrogen-bond acceptors (Lipinski definition) is 2. The van der Waals surface area contributed by atoms with E-state index in [1.165, 1.54) is 6.07 Å². The lowest BCUT2D eigenvalue weighted by molar-refractivity contribution is 0.157. The molecule has 0 amide bonds. The number of halogens is 3. The fourth-order valence-electron chi connectivity index (χ4n) is 2.43. The molecule has 2 nitrogen and oxygen atoms in total. The zero-order chi connectivity index (χ0) is 14.3. The zero-order valence-electron chi connectivity index (χ0n) is 10.4. The Morgan fingerprint density at radius 1 is 1.05 bits per heavy atom. The molecule has 1 aliphatic rings. The molecule has 20 heavy (non-hydrogen) atoms. The van der Waals surface area contributed by atoms with Gasteiger partial charge in [0.2, 0.25) is 0 Å². The van der Waals surface area contributed by atoms with Crippen LogP contribution in [-0.4, -0.2) is 0 Å². The first-order valence-electron chi connectivity index (χ1n) is 6.21. The van der Waals surface area contributed by atoms with Crippen molar-refractivity contribution in [1.29, 1.82) is 0 Å². The van der Waals surface area contributed by atoms with E-state index in [9.17, 15) is 4.39 Å². The van der Waals surface area contributed by atoms with Gasteiger partial charge in [-0.25, -0.2) is 4.39 Å². The highest BCUT2D eigenvalue weighted by atomic mass is 79.9.